The zero-order valence-electron chi connectivity index (χ0n) is 13.9. The third-order valence-corrected chi connectivity index (χ3v) is 4.95. The number of carbonyl (C=O) groups excluding carboxylic acids is 2. The maximum absolute atomic E-state index is 12.6. The van der Waals surface area contributed by atoms with Gasteiger partial charge in [0.15, 0.2) is 5.78 Å². The predicted molar refractivity (Wildman–Crippen MR) is 90.3 cm³/mol. The Balaban J connectivity index is 1.64. The van der Waals surface area contributed by atoms with Gasteiger partial charge in [-0.25, -0.2) is 0 Å². The van der Waals surface area contributed by atoms with Gasteiger partial charge in [-0.2, -0.15) is 0 Å². The Morgan fingerprint density at radius 1 is 1.35 bits per heavy atom. The fraction of sp³-hybridized carbons (Fsp3) is 0.474. The van der Waals surface area contributed by atoms with Crippen LogP contribution >= 0.6 is 0 Å². The summed E-state index contributed by atoms with van der Waals surface area (Å²) in [6.07, 6.45) is 14.7. The van der Waals surface area contributed by atoms with Crippen molar-refractivity contribution in [3.63, 3.8) is 0 Å². The van der Waals surface area contributed by atoms with Gasteiger partial charge in [-0.05, 0) is 26.7 Å². The average Bonchev–Trinajstić information content (AvgIpc) is 3.06. The van der Waals surface area contributed by atoms with Gasteiger partial charge >= 0.3 is 0 Å². The number of hydrogen-bond donors (Lipinski definition) is 0. The zero-order chi connectivity index (χ0) is 16.4. The molecule has 4 nitrogen and oxygen atoms in total. The van der Waals surface area contributed by atoms with Crippen LogP contribution in [0.4, 0.5) is 0 Å². The van der Waals surface area contributed by atoms with Crippen LogP contribution in [0, 0.1) is 5.92 Å². The number of hydrogen-bond acceptors (Lipinski definition) is 3. The van der Waals surface area contributed by atoms with E-state index in [1.54, 1.807) is 6.20 Å². The Bertz CT molecular complexity index is 627. The van der Waals surface area contributed by atoms with Gasteiger partial charge in [0, 0.05) is 30.9 Å². The molecule has 2 atom stereocenters. The molecule has 0 aromatic heterocycles. The van der Waals surface area contributed by atoms with Crippen molar-refractivity contribution >= 4 is 11.7 Å². The quantitative estimate of drug-likeness (QED) is 0.784. The number of amides is 1. The minimum atomic E-state index is -0.128. The van der Waals surface area contributed by atoms with Crippen molar-refractivity contribution in [3.05, 3.63) is 47.9 Å². The number of Topliss-reactive ketones (excluding diaryl/α,β-unsaturated/α-hetero) is 1. The lowest BCUT2D eigenvalue weighted by Crippen LogP contribution is -2.39. The van der Waals surface area contributed by atoms with E-state index in [1.165, 1.54) is 10.5 Å². The van der Waals surface area contributed by atoms with Gasteiger partial charge in [-0.1, -0.05) is 36.0 Å². The third-order valence-electron chi connectivity index (χ3n) is 4.95. The number of nitrogens with zero attached hydrogens (tertiary/aromatic N) is 2. The normalized spacial score (nSPS) is 26.8. The van der Waals surface area contributed by atoms with E-state index in [0.717, 1.165) is 25.1 Å². The van der Waals surface area contributed by atoms with Crippen LogP contribution in [-0.2, 0) is 9.59 Å². The summed E-state index contributed by atoms with van der Waals surface area (Å²) in [7, 11) is 0. The van der Waals surface area contributed by atoms with E-state index in [2.05, 4.69) is 43.1 Å². The molecule has 0 bridgehead atoms. The lowest BCUT2D eigenvalue weighted by molar-refractivity contribution is -0.132. The molecule has 3 aliphatic rings. The number of rotatable bonds is 5. The first-order chi connectivity index (χ1) is 11.1. The highest BCUT2D eigenvalue weighted by Crippen LogP contribution is 2.30. The van der Waals surface area contributed by atoms with Gasteiger partial charge in [0.05, 0.1) is 12.5 Å². The molecular formula is C19H24N2O2. The second-order valence-corrected chi connectivity index (χ2v) is 6.57. The molecule has 122 valence electrons. The summed E-state index contributed by atoms with van der Waals surface area (Å²) >= 11 is 0. The van der Waals surface area contributed by atoms with E-state index < -0.39 is 0 Å². The van der Waals surface area contributed by atoms with Crippen LogP contribution in [0.5, 0.6) is 0 Å². The summed E-state index contributed by atoms with van der Waals surface area (Å²) in [4.78, 5) is 28.1. The van der Waals surface area contributed by atoms with Crippen LogP contribution in [0.25, 0.3) is 0 Å². The van der Waals surface area contributed by atoms with Crippen molar-refractivity contribution in [2.24, 2.45) is 5.92 Å². The van der Waals surface area contributed by atoms with Crippen molar-refractivity contribution in [1.29, 1.82) is 0 Å². The van der Waals surface area contributed by atoms with E-state index in [4.69, 9.17) is 0 Å². The van der Waals surface area contributed by atoms with Crippen molar-refractivity contribution < 1.29 is 9.59 Å². The van der Waals surface area contributed by atoms with Crippen molar-refractivity contribution in [1.82, 2.24) is 9.80 Å². The Labute approximate surface area is 137 Å². The highest BCUT2D eigenvalue weighted by molar-refractivity contribution is 5.91. The Hall–Kier alpha value is -2.10. The van der Waals surface area contributed by atoms with Crippen molar-refractivity contribution in [3.8, 4) is 0 Å². The van der Waals surface area contributed by atoms with E-state index >= 15 is 0 Å². The monoisotopic (exact) mass is 312 g/mol. The Morgan fingerprint density at radius 3 is 2.83 bits per heavy atom. The third kappa shape index (κ3) is 3.31. The zero-order valence-corrected chi connectivity index (χ0v) is 13.9. The van der Waals surface area contributed by atoms with E-state index in [0.29, 0.717) is 6.42 Å². The molecule has 0 saturated carbocycles. The molecule has 3 rings (SSSR count). The first kappa shape index (κ1) is 15.8. The minimum absolute atomic E-state index is 0.0145. The van der Waals surface area contributed by atoms with Gasteiger partial charge in [0.25, 0.3) is 0 Å². The molecular weight excluding hydrogens is 288 g/mol. The second kappa shape index (κ2) is 6.57. The van der Waals surface area contributed by atoms with Crippen molar-refractivity contribution in [2.45, 2.75) is 39.2 Å². The number of ketones is 1. The first-order valence-corrected chi connectivity index (χ1v) is 8.35. The summed E-state index contributed by atoms with van der Waals surface area (Å²) in [5.74, 6) is 0.00834. The summed E-state index contributed by atoms with van der Waals surface area (Å²) in [5.41, 5.74) is 2.58. The molecule has 0 saturated heterocycles. The molecule has 2 heterocycles. The first-order valence-electron chi connectivity index (χ1n) is 8.35. The molecule has 1 aliphatic carbocycles. The maximum atomic E-state index is 12.6. The Morgan fingerprint density at radius 2 is 2.17 bits per heavy atom. The maximum Gasteiger partial charge on any atom is 0.230 e. The van der Waals surface area contributed by atoms with E-state index in [-0.39, 0.29) is 30.2 Å². The predicted octanol–water partition coefficient (Wildman–Crippen LogP) is 2.80. The summed E-state index contributed by atoms with van der Waals surface area (Å²) < 4.78 is 0. The molecule has 1 amide bonds. The molecule has 2 unspecified atom stereocenters. The van der Waals surface area contributed by atoms with E-state index in [1.807, 2.05) is 6.08 Å². The molecule has 4 heteroatoms. The van der Waals surface area contributed by atoms with Crippen LogP contribution in [0.2, 0.25) is 0 Å². The number of carbonyl (C=O) groups is 2. The standard InChI is InChI=1S/C19H24N2O2/c1-14-11-17(18(22)13-20-10-6-9-19(20)23)15(2)21(14)12-16-7-4-3-5-8-16/h3-4,6-7,10-11,15,17H,5,8-9,12-13H2,1-2H3. The van der Waals surface area contributed by atoms with Gasteiger partial charge in [0.1, 0.15) is 0 Å². The van der Waals surface area contributed by atoms with E-state index in [9.17, 15) is 9.59 Å². The smallest absolute Gasteiger partial charge is 0.230 e. The summed E-state index contributed by atoms with van der Waals surface area (Å²) in [6.45, 7) is 5.26. The lowest BCUT2D eigenvalue weighted by atomic mass is 9.97. The van der Waals surface area contributed by atoms with Gasteiger partial charge in [-0.15, -0.1) is 0 Å². The highest BCUT2D eigenvalue weighted by Gasteiger charge is 2.35. The fourth-order valence-corrected chi connectivity index (χ4v) is 3.54. The molecule has 0 spiro atoms. The van der Waals surface area contributed by atoms with Gasteiger partial charge < -0.3 is 9.80 Å². The molecule has 2 aliphatic heterocycles. The second-order valence-electron chi connectivity index (χ2n) is 6.57. The van der Waals surface area contributed by atoms with Crippen LogP contribution in [0.1, 0.15) is 33.1 Å². The fourth-order valence-electron chi connectivity index (χ4n) is 3.54. The summed E-state index contributed by atoms with van der Waals surface area (Å²) in [6, 6.07) is 0.149. The van der Waals surface area contributed by atoms with Crippen LogP contribution in [0.3, 0.4) is 0 Å². The van der Waals surface area contributed by atoms with Crippen LogP contribution < -0.4 is 0 Å². The highest BCUT2D eigenvalue weighted by atomic mass is 16.2. The van der Waals surface area contributed by atoms with Gasteiger partial charge in [0.2, 0.25) is 5.91 Å². The topological polar surface area (TPSA) is 40.6 Å². The molecule has 23 heavy (non-hydrogen) atoms. The molecule has 0 N–H and O–H groups in total. The molecule has 0 aromatic carbocycles. The molecule has 0 radical (unpaired) electrons. The van der Waals surface area contributed by atoms with Gasteiger partial charge in [-0.3, -0.25) is 9.59 Å². The Kier molecular flexibility index (Phi) is 4.51. The average molecular weight is 312 g/mol. The van der Waals surface area contributed by atoms with Crippen LogP contribution in [0.15, 0.2) is 47.9 Å². The van der Waals surface area contributed by atoms with Crippen molar-refractivity contribution in [2.75, 3.05) is 13.1 Å². The summed E-state index contributed by atoms with van der Waals surface area (Å²) in [5, 5.41) is 0. The lowest BCUT2D eigenvalue weighted by Gasteiger charge is -2.30. The SMILES string of the molecule is CC1=CC(C(=O)CN2C=CCC2=O)C(C)N1CC1=CC=CCC1. The van der Waals surface area contributed by atoms with Crippen LogP contribution in [-0.4, -0.2) is 40.6 Å². The molecule has 0 fully saturated rings. The minimum Gasteiger partial charge on any atom is -0.368 e. The number of allylic oxidation sites excluding steroid dienone is 4. The molecule has 0 aromatic rings. The largest absolute Gasteiger partial charge is 0.368 e.